The lowest BCUT2D eigenvalue weighted by Crippen LogP contribution is -2.50. The highest BCUT2D eigenvalue weighted by molar-refractivity contribution is 5.80. The number of nitro benzene ring substituents is 1. The first-order chi connectivity index (χ1) is 11.0. The van der Waals surface area contributed by atoms with E-state index in [1.165, 1.54) is 24.3 Å². The maximum absolute atomic E-state index is 12.2. The van der Waals surface area contributed by atoms with Crippen LogP contribution in [0.15, 0.2) is 24.3 Å². The molecular formula is C15H16N2O6. The molecule has 1 aromatic rings. The summed E-state index contributed by atoms with van der Waals surface area (Å²) in [5, 5.41) is 10.6. The van der Waals surface area contributed by atoms with Crippen LogP contribution in [0.1, 0.15) is 12.8 Å². The predicted molar refractivity (Wildman–Crippen MR) is 78.2 cm³/mol. The Morgan fingerprint density at radius 1 is 1.35 bits per heavy atom. The predicted octanol–water partition coefficient (Wildman–Crippen LogP) is 1.77. The van der Waals surface area contributed by atoms with Crippen LogP contribution in [0.25, 0.3) is 0 Å². The van der Waals surface area contributed by atoms with Gasteiger partial charge in [-0.25, -0.2) is 4.79 Å². The minimum absolute atomic E-state index is 0.00871. The number of nitro groups is 1. The Morgan fingerprint density at radius 2 is 2.09 bits per heavy atom. The Morgan fingerprint density at radius 3 is 2.78 bits per heavy atom. The fraction of sp³-hybridized carbons (Fsp3) is 0.467. The van der Waals surface area contributed by atoms with Crippen molar-refractivity contribution >= 4 is 17.6 Å². The second-order valence-electron chi connectivity index (χ2n) is 5.71. The second kappa shape index (κ2) is 6.33. The van der Waals surface area contributed by atoms with Gasteiger partial charge in [-0.15, -0.1) is 0 Å². The number of amides is 1. The fourth-order valence-electron chi connectivity index (χ4n) is 2.94. The van der Waals surface area contributed by atoms with Gasteiger partial charge in [-0.1, -0.05) is 0 Å². The number of likely N-dealkylation sites (tertiary alicyclic amines) is 1. The number of rotatable bonds is 2. The van der Waals surface area contributed by atoms with Crippen LogP contribution < -0.4 is 4.74 Å². The number of hydrogen-bond donors (Lipinski definition) is 0. The largest absolute Gasteiger partial charge is 0.415 e. The molecule has 0 aliphatic carbocycles. The molecule has 2 fully saturated rings. The molecule has 3 rings (SSSR count). The Balaban J connectivity index is 1.60. The summed E-state index contributed by atoms with van der Waals surface area (Å²) in [6.07, 6.45) is 0.602. The number of carbonyl (C=O) groups is 2. The summed E-state index contributed by atoms with van der Waals surface area (Å²) in [7, 11) is 0. The van der Waals surface area contributed by atoms with Gasteiger partial charge in [-0.3, -0.25) is 14.9 Å². The van der Waals surface area contributed by atoms with Crippen LogP contribution in [0.2, 0.25) is 0 Å². The molecule has 0 N–H and O–H groups in total. The molecule has 2 saturated heterocycles. The van der Waals surface area contributed by atoms with Gasteiger partial charge in [0.1, 0.15) is 12.4 Å². The van der Waals surface area contributed by atoms with E-state index in [9.17, 15) is 19.7 Å². The van der Waals surface area contributed by atoms with Crippen molar-refractivity contribution in [1.82, 2.24) is 4.90 Å². The zero-order chi connectivity index (χ0) is 16.4. The van der Waals surface area contributed by atoms with E-state index in [2.05, 4.69) is 0 Å². The number of non-ortho nitro benzene ring substituents is 1. The summed E-state index contributed by atoms with van der Waals surface area (Å²) < 4.78 is 10.7. The van der Waals surface area contributed by atoms with Crippen LogP contribution in [0.4, 0.5) is 10.5 Å². The molecule has 0 saturated carbocycles. The molecule has 1 amide bonds. The summed E-state index contributed by atoms with van der Waals surface area (Å²) in [5.41, 5.74) is -0.0662. The molecule has 8 nitrogen and oxygen atoms in total. The third kappa shape index (κ3) is 3.48. The minimum Gasteiger partial charge on any atom is -0.410 e. The molecule has 2 aliphatic rings. The molecule has 8 heteroatoms. The maximum Gasteiger partial charge on any atom is 0.415 e. The van der Waals surface area contributed by atoms with E-state index < -0.39 is 11.0 Å². The van der Waals surface area contributed by atoms with Gasteiger partial charge >= 0.3 is 6.09 Å². The molecular weight excluding hydrogens is 304 g/mol. The van der Waals surface area contributed by atoms with Gasteiger partial charge in [0, 0.05) is 37.6 Å². The van der Waals surface area contributed by atoms with E-state index >= 15 is 0 Å². The zero-order valence-electron chi connectivity index (χ0n) is 12.3. The van der Waals surface area contributed by atoms with Crippen LogP contribution in [0.5, 0.6) is 5.75 Å². The molecule has 23 heavy (non-hydrogen) atoms. The van der Waals surface area contributed by atoms with E-state index in [1.807, 2.05) is 0 Å². The van der Waals surface area contributed by atoms with Crippen LogP contribution in [0, 0.1) is 16.0 Å². The Labute approximate surface area is 132 Å². The summed E-state index contributed by atoms with van der Waals surface area (Å²) in [5.74, 6) is 0.310. The van der Waals surface area contributed by atoms with Crippen LogP contribution in [-0.2, 0) is 9.53 Å². The first kappa shape index (κ1) is 15.4. The SMILES string of the molecule is O=C1CO[C@H]2CCN(C(=O)Oc3ccc([N+](=O)[O-])cc3)C[C@H]2C1. The maximum atomic E-state index is 12.2. The van der Waals surface area contributed by atoms with Crippen molar-refractivity contribution in [1.29, 1.82) is 0 Å². The number of Topliss-reactive ketones (excluding diaryl/α,β-unsaturated/α-hetero) is 1. The number of ketones is 1. The average molecular weight is 320 g/mol. The molecule has 122 valence electrons. The molecule has 1 aromatic carbocycles. The summed E-state index contributed by atoms with van der Waals surface area (Å²) in [6, 6.07) is 5.33. The number of ether oxygens (including phenoxy) is 2. The molecule has 2 atom stereocenters. The van der Waals surface area contributed by atoms with E-state index in [1.54, 1.807) is 4.90 Å². The van der Waals surface area contributed by atoms with Crippen molar-refractivity contribution in [2.45, 2.75) is 18.9 Å². The normalized spacial score (nSPS) is 24.0. The van der Waals surface area contributed by atoms with Crippen LogP contribution in [-0.4, -0.2) is 47.5 Å². The molecule has 0 aromatic heterocycles. The molecule has 0 radical (unpaired) electrons. The van der Waals surface area contributed by atoms with Gasteiger partial charge < -0.3 is 14.4 Å². The highest BCUT2D eigenvalue weighted by Gasteiger charge is 2.37. The molecule has 2 aliphatic heterocycles. The lowest BCUT2D eigenvalue weighted by atomic mass is 9.88. The lowest BCUT2D eigenvalue weighted by molar-refractivity contribution is -0.384. The van der Waals surface area contributed by atoms with E-state index in [0.717, 1.165) is 0 Å². The van der Waals surface area contributed by atoms with E-state index in [4.69, 9.17) is 9.47 Å². The van der Waals surface area contributed by atoms with Gasteiger partial charge in [0.2, 0.25) is 0 Å². The standard InChI is InChI=1S/C15H16N2O6/c18-12-7-10-8-16(6-5-14(10)22-9-12)15(19)23-13-3-1-11(2-4-13)17(20)21/h1-4,10,14H,5-9H2/t10-,14+/m1/s1. The zero-order valence-corrected chi connectivity index (χ0v) is 12.3. The van der Waals surface area contributed by atoms with Gasteiger partial charge in [-0.05, 0) is 18.6 Å². The number of fused-ring (bicyclic) bond motifs is 1. The lowest BCUT2D eigenvalue weighted by Gasteiger charge is -2.39. The number of piperidine rings is 1. The summed E-state index contributed by atoms with van der Waals surface area (Å²) in [6.45, 7) is 1.08. The van der Waals surface area contributed by atoms with Gasteiger partial charge in [-0.2, -0.15) is 0 Å². The van der Waals surface area contributed by atoms with Crippen molar-refractivity contribution in [2.24, 2.45) is 5.92 Å². The molecule has 0 bridgehead atoms. The topological polar surface area (TPSA) is 99.0 Å². The number of hydrogen-bond acceptors (Lipinski definition) is 6. The van der Waals surface area contributed by atoms with Gasteiger partial charge in [0.05, 0.1) is 11.0 Å². The van der Waals surface area contributed by atoms with Crippen LogP contribution in [0.3, 0.4) is 0 Å². The summed E-state index contributed by atoms with van der Waals surface area (Å²) >= 11 is 0. The Hall–Kier alpha value is -2.48. The first-order valence-corrected chi connectivity index (χ1v) is 7.37. The average Bonchev–Trinajstić information content (AvgIpc) is 2.54. The first-order valence-electron chi connectivity index (χ1n) is 7.37. The van der Waals surface area contributed by atoms with Crippen molar-refractivity contribution in [3.63, 3.8) is 0 Å². The van der Waals surface area contributed by atoms with E-state index in [-0.39, 0.29) is 35.8 Å². The van der Waals surface area contributed by atoms with Crippen molar-refractivity contribution in [3.8, 4) is 5.75 Å². The van der Waals surface area contributed by atoms with Crippen LogP contribution >= 0.6 is 0 Å². The third-order valence-electron chi connectivity index (χ3n) is 4.12. The number of benzene rings is 1. The Kier molecular flexibility index (Phi) is 4.24. The highest BCUT2D eigenvalue weighted by atomic mass is 16.6. The van der Waals surface area contributed by atoms with E-state index in [0.29, 0.717) is 25.9 Å². The Bertz CT molecular complexity index is 629. The smallest absolute Gasteiger partial charge is 0.410 e. The molecule has 0 unspecified atom stereocenters. The van der Waals surface area contributed by atoms with Gasteiger partial charge in [0.25, 0.3) is 5.69 Å². The quantitative estimate of drug-likeness (QED) is 0.608. The monoisotopic (exact) mass is 320 g/mol. The van der Waals surface area contributed by atoms with Crippen molar-refractivity contribution < 1.29 is 24.0 Å². The molecule has 0 spiro atoms. The van der Waals surface area contributed by atoms with Gasteiger partial charge in [0.15, 0.2) is 5.78 Å². The summed E-state index contributed by atoms with van der Waals surface area (Å²) in [4.78, 5) is 35.3. The minimum atomic E-state index is -0.518. The molecule has 2 heterocycles. The van der Waals surface area contributed by atoms with Crippen molar-refractivity contribution in [2.75, 3.05) is 19.7 Å². The number of nitrogens with zero attached hydrogens (tertiary/aromatic N) is 2. The number of carbonyl (C=O) groups excluding carboxylic acids is 2. The van der Waals surface area contributed by atoms with Crippen molar-refractivity contribution in [3.05, 3.63) is 34.4 Å². The highest BCUT2D eigenvalue weighted by Crippen LogP contribution is 2.27. The third-order valence-corrected chi connectivity index (χ3v) is 4.12. The second-order valence-corrected chi connectivity index (χ2v) is 5.71. The fourth-order valence-corrected chi connectivity index (χ4v) is 2.94.